The Morgan fingerprint density at radius 2 is 1.60 bits per heavy atom. The quantitative estimate of drug-likeness (QED) is 0.437. The van der Waals surface area contributed by atoms with E-state index >= 15 is 0 Å². The third-order valence-electron chi connectivity index (χ3n) is 7.35. The van der Waals surface area contributed by atoms with Crippen molar-refractivity contribution >= 4 is 18.9 Å². The summed E-state index contributed by atoms with van der Waals surface area (Å²) < 4.78 is 50.5. The largest absolute Gasteiger partial charge is 0.457 e. The predicted octanol–water partition coefficient (Wildman–Crippen LogP) is 3.83. The minimum Gasteiger partial charge on any atom is -0.403 e. The fourth-order valence-corrected chi connectivity index (χ4v) is 5.03. The Kier molecular flexibility index (Phi) is 9.04. The van der Waals surface area contributed by atoms with Crippen molar-refractivity contribution in [3.05, 3.63) is 0 Å². The number of hydrogen-bond donors (Lipinski definition) is 3. The first kappa shape index (κ1) is 29.9. The van der Waals surface area contributed by atoms with Crippen molar-refractivity contribution in [3.8, 4) is 0 Å². The Balaban J connectivity index is 2.21. The molecule has 0 aromatic heterocycles. The van der Waals surface area contributed by atoms with E-state index in [9.17, 15) is 22.8 Å². The van der Waals surface area contributed by atoms with Gasteiger partial charge in [0.25, 0.3) is 0 Å². The van der Waals surface area contributed by atoms with Crippen molar-refractivity contribution in [1.29, 1.82) is 0 Å². The lowest BCUT2D eigenvalue weighted by atomic mass is 9.65. The van der Waals surface area contributed by atoms with Gasteiger partial charge in [-0.25, -0.2) is 0 Å². The topological polar surface area (TPSA) is 88.7 Å². The highest BCUT2D eigenvalue weighted by Gasteiger charge is 2.53. The van der Waals surface area contributed by atoms with Gasteiger partial charge in [-0.05, 0) is 80.0 Å². The highest BCUT2D eigenvalue weighted by atomic mass is 19.4. The van der Waals surface area contributed by atoms with Gasteiger partial charge in [0.2, 0.25) is 11.8 Å². The summed E-state index contributed by atoms with van der Waals surface area (Å²) in [7, 11) is -0.371. The lowest BCUT2D eigenvalue weighted by Gasteiger charge is -2.47. The third-order valence-corrected chi connectivity index (χ3v) is 7.35. The standard InChI is InChI=1S/C24H43BF3N3O4/c1-16(32)30-23(19(33)31-20(2,3)4)13-17(9-10-18(23)14-29-15-24(26,27)28)11-12-25-34-21(5,6)22(7,8)35-25/h17-18,29H,9-15H2,1-8H3,(H,30,32)(H,31,33)/t17-,18-,23+/m0/s1. The van der Waals surface area contributed by atoms with E-state index in [1.165, 1.54) is 6.92 Å². The highest BCUT2D eigenvalue weighted by molar-refractivity contribution is 6.45. The van der Waals surface area contributed by atoms with Gasteiger partial charge in [-0.2, -0.15) is 13.2 Å². The maximum absolute atomic E-state index is 13.6. The van der Waals surface area contributed by atoms with Gasteiger partial charge in [-0.1, -0.05) is 6.42 Å². The Hall–Kier alpha value is -1.33. The summed E-state index contributed by atoms with van der Waals surface area (Å²) in [4.78, 5) is 25.8. The number of carbonyl (C=O) groups excluding carboxylic acids is 2. The summed E-state index contributed by atoms with van der Waals surface area (Å²) >= 11 is 0. The minimum absolute atomic E-state index is 0.0265. The molecular formula is C24H43BF3N3O4. The van der Waals surface area contributed by atoms with Crippen LogP contribution < -0.4 is 16.0 Å². The molecule has 0 unspecified atom stereocenters. The van der Waals surface area contributed by atoms with Gasteiger partial charge >= 0.3 is 13.3 Å². The molecule has 1 heterocycles. The van der Waals surface area contributed by atoms with Gasteiger partial charge < -0.3 is 25.3 Å². The molecule has 202 valence electrons. The second-order valence-electron chi connectivity index (χ2n) is 12.2. The van der Waals surface area contributed by atoms with Crippen LogP contribution in [0.25, 0.3) is 0 Å². The lowest BCUT2D eigenvalue weighted by molar-refractivity contribution is -0.140. The van der Waals surface area contributed by atoms with Crippen molar-refractivity contribution in [2.75, 3.05) is 13.1 Å². The Morgan fingerprint density at radius 3 is 2.09 bits per heavy atom. The van der Waals surface area contributed by atoms with E-state index in [1.54, 1.807) is 0 Å². The fraction of sp³-hybridized carbons (Fsp3) is 0.917. The zero-order valence-corrected chi connectivity index (χ0v) is 22.4. The molecule has 35 heavy (non-hydrogen) atoms. The van der Waals surface area contributed by atoms with Crippen molar-refractivity contribution in [1.82, 2.24) is 16.0 Å². The van der Waals surface area contributed by atoms with Crippen LogP contribution in [0, 0.1) is 11.8 Å². The molecule has 2 fully saturated rings. The van der Waals surface area contributed by atoms with Crippen molar-refractivity contribution in [2.24, 2.45) is 11.8 Å². The van der Waals surface area contributed by atoms with Crippen LogP contribution in [-0.2, 0) is 18.9 Å². The zero-order chi connectivity index (χ0) is 26.9. The number of nitrogens with one attached hydrogen (secondary N) is 3. The molecule has 1 saturated heterocycles. The average molecular weight is 505 g/mol. The maximum atomic E-state index is 13.6. The van der Waals surface area contributed by atoms with Crippen LogP contribution in [0.4, 0.5) is 13.2 Å². The van der Waals surface area contributed by atoms with Crippen molar-refractivity contribution < 1.29 is 32.1 Å². The highest BCUT2D eigenvalue weighted by Crippen LogP contribution is 2.42. The molecule has 1 saturated carbocycles. The average Bonchev–Trinajstić information content (AvgIpc) is 2.85. The molecule has 0 bridgehead atoms. The number of halogens is 3. The van der Waals surface area contributed by atoms with Gasteiger partial charge in [-0.15, -0.1) is 0 Å². The van der Waals surface area contributed by atoms with Crippen LogP contribution in [0.2, 0.25) is 6.32 Å². The van der Waals surface area contributed by atoms with Crippen LogP contribution in [0.1, 0.15) is 81.1 Å². The summed E-state index contributed by atoms with van der Waals surface area (Å²) in [6.45, 7) is 13.6. The molecule has 0 aromatic carbocycles. The predicted molar refractivity (Wildman–Crippen MR) is 130 cm³/mol. The van der Waals surface area contributed by atoms with E-state index in [-0.39, 0.29) is 31.4 Å². The molecular weight excluding hydrogens is 462 g/mol. The third kappa shape index (κ3) is 8.08. The summed E-state index contributed by atoms with van der Waals surface area (Å²) in [6, 6.07) is 0. The van der Waals surface area contributed by atoms with Crippen LogP contribution in [-0.4, -0.2) is 60.5 Å². The van der Waals surface area contributed by atoms with E-state index in [2.05, 4.69) is 16.0 Å². The second kappa shape index (κ2) is 10.6. The molecule has 2 amide bonds. The maximum Gasteiger partial charge on any atom is 0.457 e. The summed E-state index contributed by atoms with van der Waals surface area (Å²) in [6.07, 6.45) is -1.43. The van der Waals surface area contributed by atoms with Crippen LogP contribution in [0.5, 0.6) is 0 Å². The Morgan fingerprint density at radius 1 is 1.03 bits per heavy atom. The molecule has 1 aliphatic heterocycles. The first-order chi connectivity index (χ1) is 15.8. The van der Waals surface area contributed by atoms with Gasteiger partial charge in [-0.3, -0.25) is 9.59 Å². The van der Waals surface area contributed by atoms with Crippen LogP contribution in [0.3, 0.4) is 0 Å². The molecule has 11 heteroatoms. The molecule has 3 N–H and O–H groups in total. The first-order valence-corrected chi connectivity index (χ1v) is 12.5. The summed E-state index contributed by atoms with van der Waals surface area (Å²) in [5, 5.41) is 8.28. The van der Waals surface area contributed by atoms with Gasteiger partial charge in [0, 0.05) is 24.9 Å². The van der Waals surface area contributed by atoms with Gasteiger partial charge in [0.05, 0.1) is 17.7 Å². The fourth-order valence-electron chi connectivity index (χ4n) is 5.03. The lowest BCUT2D eigenvalue weighted by Crippen LogP contribution is -2.68. The van der Waals surface area contributed by atoms with Crippen LogP contribution in [0.15, 0.2) is 0 Å². The monoisotopic (exact) mass is 505 g/mol. The van der Waals surface area contributed by atoms with Crippen molar-refractivity contribution in [2.45, 2.75) is 116 Å². The summed E-state index contributed by atoms with van der Waals surface area (Å²) in [5.41, 5.74) is -2.75. The summed E-state index contributed by atoms with van der Waals surface area (Å²) in [5.74, 6) is -1.16. The molecule has 0 spiro atoms. The molecule has 7 nitrogen and oxygen atoms in total. The molecule has 3 atom stereocenters. The smallest absolute Gasteiger partial charge is 0.403 e. The Labute approximate surface area is 208 Å². The van der Waals surface area contributed by atoms with E-state index in [1.807, 2.05) is 48.5 Å². The second-order valence-corrected chi connectivity index (χ2v) is 12.2. The Bertz CT molecular complexity index is 754. The van der Waals surface area contributed by atoms with Gasteiger partial charge in [0.15, 0.2) is 0 Å². The minimum atomic E-state index is -4.36. The van der Waals surface area contributed by atoms with Crippen molar-refractivity contribution in [3.63, 3.8) is 0 Å². The van der Waals surface area contributed by atoms with E-state index in [4.69, 9.17) is 9.31 Å². The number of hydrogen-bond acceptors (Lipinski definition) is 5. The first-order valence-electron chi connectivity index (χ1n) is 12.5. The normalized spacial score (nSPS) is 28.6. The van der Waals surface area contributed by atoms with Crippen LogP contribution >= 0.6 is 0 Å². The number of carbonyl (C=O) groups is 2. The molecule has 0 aromatic rings. The number of amides is 2. The van der Waals surface area contributed by atoms with Gasteiger partial charge in [0.1, 0.15) is 5.54 Å². The van der Waals surface area contributed by atoms with E-state index < -0.39 is 40.9 Å². The SMILES string of the molecule is CC(=O)N[C@]1(C(=O)NC(C)(C)C)C[C@H](CCB2OC(C)(C)C(C)(C)O2)CC[C@H]1CNCC(F)(F)F. The molecule has 1 aliphatic carbocycles. The zero-order valence-electron chi connectivity index (χ0n) is 22.4. The van der Waals surface area contributed by atoms with E-state index in [0.717, 1.165) is 6.42 Å². The number of alkyl halides is 3. The molecule has 2 rings (SSSR count). The molecule has 0 radical (unpaired) electrons. The molecule has 2 aliphatic rings. The van der Waals surface area contributed by atoms with E-state index in [0.29, 0.717) is 25.6 Å². The number of rotatable bonds is 8.